The van der Waals surface area contributed by atoms with Crippen molar-refractivity contribution >= 4 is 11.8 Å². The average Bonchev–Trinajstić information content (AvgIpc) is 3.16. The predicted molar refractivity (Wildman–Crippen MR) is 131 cm³/mol. The lowest BCUT2D eigenvalue weighted by atomic mass is 9.47. The van der Waals surface area contributed by atoms with Crippen LogP contribution in [0.25, 0.3) is 0 Å². The van der Waals surface area contributed by atoms with E-state index in [1.165, 1.54) is 11.1 Å². The monoisotopic (exact) mass is 446 g/mol. The van der Waals surface area contributed by atoms with Crippen LogP contribution in [0.15, 0.2) is 53.6 Å². The number of Topliss-reactive ketones (excluding diaryl/α,β-unsaturated/α-hetero) is 1. The quantitative estimate of drug-likeness (QED) is 0.532. The molecule has 0 saturated heterocycles. The van der Waals surface area contributed by atoms with Crippen molar-refractivity contribution in [2.45, 2.75) is 78.1 Å². The molecule has 1 N–H and O–H groups in total. The molecular formula is C30H38O3. The zero-order valence-corrected chi connectivity index (χ0v) is 20.3. The Labute approximate surface area is 198 Å². The number of carbonyl (C=O) groups excluding carboxylic acids is 1. The van der Waals surface area contributed by atoms with Crippen molar-refractivity contribution in [3.8, 4) is 0 Å². The van der Waals surface area contributed by atoms with Crippen LogP contribution in [0.3, 0.4) is 0 Å². The molecule has 176 valence electrons. The van der Waals surface area contributed by atoms with Gasteiger partial charge in [0, 0.05) is 17.4 Å². The van der Waals surface area contributed by atoms with Crippen LogP contribution in [0.5, 0.6) is 0 Å². The van der Waals surface area contributed by atoms with Crippen LogP contribution in [0.1, 0.15) is 83.6 Å². The summed E-state index contributed by atoms with van der Waals surface area (Å²) in [6, 6.07) is 10.4. The van der Waals surface area contributed by atoms with Crippen LogP contribution in [0, 0.1) is 34.5 Å². The highest BCUT2D eigenvalue weighted by Crippen LogP contribution is 2.66. The molecular weight excluding hydrogens is 408 g/mol. The number of aliphatic carboxylic acids is 1. The molecule has 1 unspecified atom stereocenters. The maximum absolute atomic E-state index is 13.9. The van der Waals surface area contributed by atoms with Gasteiger partial charge < -0.3 is 5.11 Å². The van der Waals surface area contributed by atoms with E-state index in [4.69, 9.17) is 0 Å². The van der Waals surface area contributed by atoms with Crippen LogP contribution < -0.4 is 0 Å². The Bertz CT molecular complexity index is 1000. The van der Waals surface area contributed by atoms with E-state index < -0.39 is 5.97 Å². The van der Waals surface area contributed by atoms with Gasteiger partial charge in [-0.2, -0.15) is 0 Å². The van der Waals surface area contributed by atoms with Crippen LogP contribution in [0.4, 0.5) is 0 Å². The third-order valence-corrected chi connectivity index (χ3v) is 10.3. The number of carbonyl (C=O) groups is 2. The molecule has 33 heavy (non-hydrogen) atoms. The first-order chi connectivity index (χ1) is 15.8. The molecule has 3 nitrogen and oxygen atoms in total. The zero-order chi connectivity index (χ0) is 23.4. The van der Waals surface area contributed by atoms with Crippen LogP contribution in [-0.4, -0.2) is 16.9 Å². The number of fused-ring (bicyclic) bond motifs is 5. The Kier molecular flexibility index (Phi) is 5.66. The summed E-state index contributed by atoms with van der Waals surface area (Å²) in [5, 5.41) is 9.50. The van der Waals surface area contributed by atoms with Crippen molar-refractivity contribution in [3.63, 3.8) is 0 Å². The number of ketones is 1. The number of benzene rings is 1. The first-order valence-electron chi connectivity index (χ1n) is 13.0. The van der Waals surface area contributed by atoms with Gasteiger partial charge in [0.15, 0.2) is 0 Å². The van der Waals surface area contributed by atoms with Crippen molar-refractivity contribution in [2.75, 3.05) is 0 Å². The molecule has 0 bridgehead atoms. The van der Waals surface area contributed by atoms with E-state index in [2.05, 4.69) is 51.1 Å². The molecule has 0 aliphatic heterocycles. The lowest BCUT2D eigenvalue weighted by Gasteiger charge is -2.57. The standard InChI is InChI=1S/C30H38O3/c1-4-22(19-8-6-5-7-9-19)27(31)26-13-12-24-23-11-10-21-18-20(28(32)33)14-16-29(21,2)25(23)15-17-30(24,26)3/h5-10,18,22-26H,4,11-17H2,1-3H3,(H,32,33)/t22?,23-,24-,25-,26+,29-,30-/m0/s1. The highest BCUT2D eigenvalue weighted by Gasteiger charge is 2.59. The van der Waals surface area contributed by atoms with Gasteiger partial charge in [0.1, 0.15) is 5.78 Å². The average molecular weight is 447 g/mol. The SMILES string of the molecule is CCC(C(=O)[C@H]1CC[C@H]2[C@@H]3CC=C4C=C(C(=O)O)CC[C@]4(C)[C@H]3CC[C@]12C)c1ccccc1. The fourth-order valence-corrected chi connectivity index (χ4v) is 8.49. The Balaban J connectivity index is 1.42. The van der Waals surface area contributed by atoms with E-state index in [-0.39, 0.29) is 22.7 Å². The van der Waals surface area contributed by atoms with Gasteiger partial charge >= 0.3 is 5.97 Å². The summed E-state index contributed by atoms with van der Waals surface area (Å²) < 4.78 is 0. The van der Waals surface area contributed by atoms with E-state index in [0.717, 1.165) is 44.9 Å². The number of carboxylic acid groups (broad SMARTS) is 1. The van der Waals surface area contributed by atoms with E-state index in [9.17, 15) is 14.7 Å². The predicted octanol–water partition coefficient (Wildman–Crippen LogP) is 6.95. The van der Waals surface area contributed by atoms with Crippen molar-refractivity contribution < 1.29 is 14.7 Å². The lowest BCUT2D eigenvalue weighted by molar-refractivity contribution is -0.133. The van der Waals surface area contributed by atoms with E-state index in [1.807, 2.05) is 12.1 Å². The summed E-state index contributed by atoms with van der Waals surface area (Å²) in [6.07, 6.45) is 12.3. The highest BCUT2D eigenvalue weighted by atomic mass is 16.4. The fraction of sp³-hybridized carbons (Fsp3) is 0.600. The maximum atomic E-state index is 13.9. The van der Waals surface area contributed by atoms with Gasteiger partial charge in [0.05, 0.1) is 0 Å². The van der Waals surface area contributed by atoms with Crippen molar-refractivity contribution in [1.29, 1.82) is 0 Å². The molecule has 0 amide bonds. The summed E-state index contributed by atoms with van der Waals surface area (Å²) in [5.41, 5.74) is 3.18. The molecule has 0 radical (unpaired) electrons. The van der Waals surface area contributed by atoms with Gasteiger partial charge in [-0.15, -0.1) is 0 Å². The summed E-state index contributed by atoms with van der Waals surface area (Å²) in [6.45, 7) is 6.96. The largest absolute Gasteiger partial charge is 0.478 e. The molecule has 0 spiro atoms. The summed E-state index contributed by atoms with van der Waals surface area (Å²) in [5.74, 6) is 1.70. The van der Waals surface area contributed by atoms with Crippen LogP contribution in [-0.2, 0) is 9.59 Å². The van der Waals surface area contributed by atoms with Gasteiger partial charge in [-0.25, -0.2) is 4.79 Å². The Hall–Kier alpha value is -2.16. The normalized spacial score (nSPS) is 38.3. The molecule has 0 aromatic heterocycles. The van der Waals surface area contributed by atoms with E-state index in [0.29, 0.717) is 35.5 Å². The summed E-state index contributed by atoms with van der Waals surface area (Å²) in [7, 11) is 0. The van der Waals surface area contributed by atoms with Crippen molar-refractivity contribution in [2.24, 2.45) is 34.5 Å². The third-order valence-electron chi connectivity index (χ3n) is 10.3. The molecule has 0 heterocycles. The van der Waals surface area contributed by atoms with Crippen molar-refractivity contribution in [3.05, 3.63) is 59.2 Å². The number of hydrogen-bond donors (Lipinski definition) is 1. The molecule has 4 aliphatic rings. The first kappa shape index (κ1) is 22.6. The Morgan fingerprint density at radius 3 is 2.52 bits per heavy atom. The maximum Gasteiger partial charge on any atom is 0.331 e. The summed E-state index contributed by atoms with van der Waals surface area (Å²) >= 11 is 0. The summed E-state index contributed by atoms with van der Waals surface area (Å²) in [4.78, 5) is 25.5. The second-order valence-electron chi connectivity index (χ2n) is 11.6. The second-order valence-corrected chi connectivity index (χ2v) is 11.6. The van der Waals surface area contributed by atoms with Crippen molar-refractivity contribution in [1.82, 2.24) is 0 Å². The van der Waals surface area contributed by atoms with Crippen LogP contribution in [0.2, 0.25) is 0 Å². The minimum Gasteiger partial charge on any atom is -0.478 e. The number of hydrogen-bond acceptors (Lipinski definition) is 2. The fourth-order valence-electron chi connectivity index (χ4n) is 8.49. The number of rotatable bonds is 5. The van der Waals surface area contributed by atoms with Gasteiger partial charge in [-0.05, 0) is 97.2 Å². The van der Waals surface area contributed by atoms with E-state index >= 15 is 0 Å². The van der Waals surface area contributed by atoms with E-state index in [1.54, 1.807) is 0 Å². The number of carboxylic acids is 1. The lowest BCUT2D eigenvalue weighted by Crippen LogP contribution is -2.50. The molecule has 4 aliphatic carbocycles. The Morgan fingerprint density at radius 1 is 1.06 bits per heavy atom. The van der Waals surface area contributed by atoms with Gasteiger partial charge in [0.25, 0.3) is 0 Å². The molecule has 2 fully saturated rings. The molecule has 5 rings (SSSR count). The van der Waals surface area contributed by atoms with Gasteiger partial charge in [-0.1, -0.05) is 57.2 Å². The minimum absolute atomic E-state index is 0.0118. The molecule has 3 heteroatoms. The number of allylic oxidation sites excluding steroid dienone is 3. The third kappa shape index (κ3) is 3.45. The minimum atomic E-state index is -0.766. The highest BCUT2D eigenvalue weighted by molar-refractivity contribution is 5.89. The second kappa shape index (κ2) is 8.25. The Morgan fingerprint density at radius 2 is 1.82 bits per heavy atom. The molecule has 1 aromatic carbocycles. The first-order valence-corrected chi connectivity index (χ1v) is 13.0. The van der Waals surface area contributed by atoms with Crippen LogP contribution >= 0.6 is 0 Å². The zero-order valence-electron chi connectivity index (χ0n) is 20.3. The van der Waals surface area contributed by atoms with Gasteiger partial charge in [-0.3, -0.25) is 4.79 Å². The topological polar surface area (TPSA) is 54.4 Å². The molecule has 1 aromatic rings. The molecule has 7 atom stereocenters. The van der Waals surface area contributed by atoms with Gasteiger partial charge in [0.2, 0.25) is 0 Å². The smallest absolute Gasteiger partial charge is 0.331 e. The molecule has 2 saturated carbocycles.